The van der Waals surface area contributed by atoms with E-state index in [9.17, 15) is 13.6 Å². The second-order valence-corrected chi connectivity index (χ2v) is 7.65. The highest BCUT2D eigenvalue weighted by molar-refractivity contribution is 8.00. The van der Waals surface area contributed by atoms with Crippen molar-refractivity contribution in [3.8, 4) is 0 Å². The van der Waals surface area contributed by atoms with E-state index < -0.39 is 16.9 Å². The van der Waals surface area contributed by atoms with Crippen molar-refractivity contribution < 1.29 is 13.6 Å². The first-order chi connectivity index (χ1) is 14.0. The van der Waals surface area contributed by atoms with Gasteiger partial charge >= 0.3 is 0 Å². The summed E-state index contributed by atoms with van der Waals surface area (Å²) in [4.78, 5) is 12.5. The van der Waals surface area contributed by atoms with E-state index in [4.69, 9.17) is 0 Å². The lowest BCUT2D eigenvalue weighted by atomic mass is 10.1. The van der Waals surface area contributed by atoms with Crippen LogP contribution < -0.4 is 5.32 Å². The number of anilines is 1. The fourth-order valence-electron chi connectivity index (χ4n) is 2.66. The molecule has 0 aliphatic carbocycles. The predicted molar refractivity (Wildman–Crippen MR) is 110 cm³/mol. The first-order valence-electron chi connectivity index (χ1n) is 8.97. The number of amides is 1. The SMILES string of the molecule is C=CCn1c(Cc2ccccc2)nnc1SC(C)C(=O)Nc1ccc(F)c(F)c1. The largest absolute Gasteiger partial charge is 0.325 e. The number of aromatic nitrogens is 3. The molecule has 0 aliphatic heterocycles. The van der Waals surface area contributed by atoms with Gasteiger partial charge in [0.25, 0.3) is 0 Å². The zero-order valence-corrected chi connectivity index (χ0v) is 16.6. The van der Waals surface area contributed by atoms with Crippen molar-refractivity contribution in [2.45, 2.75) is 30.3 Å². The van der Waals surface area contributed by atoms with E-state index in [1.54, 1.807) is 13.0 Å². The molecule has 3 rings (SSSR count). The number of hydrogen-bond acceptors (Lipinski definition) is 4. The van der Waals surface area contributed by atoms with Crippen LogP contribution in [0.15, 0.2) is 66.3 Å². The fraction of sp³-hybridized carbons (Fsp3) is 0.190. The topological polar surface area (TPSA) is 59.8 Å². The Balaban J connectivity index is 1.71. The number of nitrogens with one attached hydrogen (secondary N) is 1. The molecule has 0 saturated carbocycles. The van der Waals surface area contributed by atoms with Crippen LogP contribution in [0.4, 0.5) is 14.5 Å². The summed E-state index contributed by atoms with van der Waals surface area (Å²) < 4.78 is 28.3. The average Bonchev–Trinajstić information content (AvgIpc) is 3.07. The fourth-order valence-corrected chi connectivity index (χ4v) is 3.53. The molecule has 8 heteroatoms. The van der Waals surface area contributed by atoms with Gasteiger partial charge in [-0.1, -0.05) is 48.2 Å². The highest BCUT2D eigenvalue weighted by atomic mass is 32.2. The van der Waals surface area contributed by atoms with Crippen molar-refractivity contribution >= 4 is 23.4 Å². The Labute approximate surface area is 171 Å². The van der Waals surface area contributed by atoms with Crippen LogP contribution >= 0.6 is 11.8 Å². The summed E-state index contributed by atoms with van der Waals surface area (Å²) in [5.41, 5.74) is 1.30. The summed E-state index contributed by atoms with van der Waals surface area (Å²) in [5, 5.41) is 11.1. The number of rotatable bonds is 8. The summed E-state index contributed by atoms with van der Waals surface area (Å²) in [5.74, 6) is -1.56. The highest BCUT2D eigenvalue weighted by Crippen LogP contribution is 2.25. The molecule has 0 bridgehead atoms. The Morgan fingerprint density at radius 1 is 1.21 bits per heavy atom. The molecule has 29 heavy (non-hydrogen) atoms. The third kappa shape index (κ3) is 5.29. The van der Waals surface area contributed by atoms with Crippen LogP contribution in [0.1, 0.15) is 18.3 Å². The van der Waals surface area contributed by atoms with Gasteiger partial charge in [0.15, 0.2) is 16.8 Å². The van der Waals surface area contributed by atoms with Crippen LogP contribution in [0, 0.1) is 11.6 Å². The Hall–Kier alpha value is -3.00. The molecule has 0 spiro atoms. The standard InChI is InChI=1S/C21H20F2N4OS/c1-3-11-27-19(12-15-7-5-4-6-8-15)25-26-21(27)29-14(2)20(28)24-16-9-10-17(22)18(23)13-16/h3-10,13-14H,1,11-12H2,2H3,(H,24,28). The summed E-state index contributed by atoms with van der Waals surface area (Å²) in [6.45, 7) is 6.00. The highest BCUT2D eigenvalue weighted by Gasteiger charge is 2.20. The van der Waals surface area contributed by atoms with E-state index in [1.165, 1.54) is 17.8 Å². The van der Waals surface area contributed by atoms with Crippen molar-refractivity contribution in [1.82, 2.24) is 14.8 Å². The summed E-state index contributed by atoms with van der Waals surface area (Å²) in [7, 11) is 0. The summed E-state index contributed by atoms with van der Waals surface area (Å²) in [6.07, 6.45) is 2.35. The lowest BCUT2D eigenvalue weighted by Crippen LogP contribution is -2.23. The number of thioether (sulfide) groups is 1. The Morgan fingerprint density at radius 3 is 2.66 bits per heavy atom. The molecule has 0 fully saturated rings. The predicted octanol–water partition coefficient (Wildman–Crippen LogP) is 4.45. The minimum Gasteiger partial charge on any atom is -0.325 e. The van der Waals surface area contributed by atoms with Crippen molar-refractivity contribution in [1.29, 1.82) is 0 Å². The number of carbonyl (C=O) groups is 1. The zero-order chi connectivity index (χ0) is 20.8. The summed E-state index contributed by atoms with van der Waals surface area (Å²) >= 11 is 1.24. The number of allylic oxidation sites excluding steroid dienone is 1. The average molecular weight is 414 g/mol. The van der Waals surface area contributed by atoms with Crippen LogP contribution in [-0.4, -0.2) is 25.9 Å². The number of halogens is 2. The Bertz CT molecular complexity index is 1010. The molecule has 1 heterocycles. The number of carbonyl (C=O) groups excluding carboxylic acids is 1. The van der Waals surface area contributed by atoms with E-state index in [0.717, 1.165) is 23.5 Å². The monoisotopic (exact) mass is 414 g/mol. The second kappa shape index (κ2) is 9.47. The van der Waals surface area contributed by atoms with E-state index in [0.29, 0.717) is 18.1 Å². The molecule has 0 radical (unpaired) electrons. The molecule has 3 aromatic rings. The van der Waals surface area contributed by atoms with Crippen molar-refractivity contribution in [3.63, 3.8) is 0 Å². The third-order valence-electron chi connectivity index (χ3n) is 4.15. The molecular formula is C21H20F2N4OS. The second-order valence-electron chi connectivity index (χ2n) is 6.34. The first-order valence-corrected chi connectivity index (χ1v) is 9.85. The lowest BCUT2D eigenvalue weighted by Gasteiger charge is -2.13. The van der Waals surface area contributed by atoms with Crippen LogP contribution in [-0.2, 0) is 17.8 Å². The first kappa shape index (κ1) is 20.7. The van der Waals surface area contributed by atoms with Gasteiger partial charge < -0.3 is 9.88 Å². The van der Waals surface area contributed by atoms with Crippen molar-refractivity contribution in [2.75, 3.05) is 5.32 Å². The molecule has 1 amide bonds. The smallest absolute Gasteiger partial charge is 0.237 e. The molecule has 150 valence electrons. The maximum Gasteiger partial charge on any atom is 0.237 e. The number of nitrogens with zero attached hydrogens (tertiary/aromatic N) is 3. The molecule has 0 saturated heterocycles. The molecule has 1 aromatic heterocycles. The quantitative estimate of drug-likeness (QED) is 0.437. The van der Waals surface area contributed by atoms with Crippen molar-refractivity contribution in [2.24, 2.45) is 0 Å². The van der Waals surface area contributed by atoms with E-state index in [1.807, 2.05) is 34.9 Å². The van der Waals surface area contributed by atoms with Gasteiger partial charge in [-0.05, 0) is 24.6 Å². The van der Waals surface area contributed by atoms with Crippen LogP contribution in [0.25, 0.3) is 0 Å². The normalized spacial score (nSPS) is 11.8. The number of benzene rings is 2. The Kier molecular flexibility index (Phi) is 6.77. The molecule has 1 N–H and O–H groups in total. The summed E-state index contributed by atoms with van der Waals surface area (Å²) in [6, 6.07) is 13.1. The van der Waals surface area contributed by atoms with E-state index in [-0.39, 0.29) is 11.6 Å². The third-order valence-corrected chi connectivity index (χ3v) is 5.23. The molecule has 2 aromatic carbocycles. The van der Waals surface area contributed by atoms with E-state index in [2.05, 4.69) is 22.1 Å². The van der Waals surface area contributed by atoms with Crippen molar-refractivity contribution in [3.05, 3.63) is 84.2 Å². The van der Waals surface area contributed by atoms with Gasteiger partial charge in [-0.3, -0.25) is 4.79 Å². The van der Waals surface area contributed by atoms with Crippen LogP contribution in [0.2, 0.25) is 0 Å². The van der Waals surface area contributed by atoms with Gasteiger partial charge in [-0.15, -0.1) is 16.8 Å². The van der Waals surface area contributed by atoms with Crippen LogP contribution in [0.3, 0.4) is 0 Å². The maximum atomic E-state index is 13.3. The van der Waals surface area contributed by atoms with Gasteiger partial charge in [-0.2, -0.15) is 0 Å². The zero-order valence-electron chi connectivity index (χ0n) is 15.8. The van der Waals surface area contributed by atoms with Gasteiger partial charge in [0.1, 0.15) is 5.82 Å². The van der Waals surface area contributed by atoms with E-state index >= 15 is 0 Å². The molecular weight excluding hydrogens is 394 g/mol. The lowest BCUT2D eigenvalue weighted by molar-refractivity contribution is -0.115. The molecule has 5 nitrogen and oxygen atoms in total. The van der Waals surface area contributed by atoms with Gasteiger partial charge in [0.2, 0.25) is 5.91 Å². The number of hydrogen-bond donors (Lipinski definition) is 1. The Morgan fingerprint density at radius 2 is 1.97 bits per heavy atom. The molecule has 0 aliphatic rings. The van der Waals surface area contributed by atoms with Gasteiger partial charge in [0, 0.05) is 24.7 Å². The van der Waals surface area contributed by atoms with Crippen LogP contribution in [0.5, 0.6) is 0 Å². The molecule has 1 unspecified atom stereocenters. The maximum absolute atomic E-state index is 13.3. The minimum atomic E-state index is -1.01. The van der Waals surface area contributed by atoms with Gasteiger partial charge in [0.05, 0.1) is 5.25 Å². The molecule has 1 atom stereocenters. The van der Waals surface area contributed by atoms with Gasteiger partial charge in [-0.25, -0.2) is 8.78 Å². The minimum absolute atomic E-state index is 0.193.